The molecule has 0 saturated carbocycles. The summed E-state index contributed by atoms with van der Waals surface area (Å²) in [5.41, 5.74) is 8.33. The molecule has 2 aromatic rings. The van der Waals surface area contributed by atoms with Crippen molar-refractivity contribution in [1.82, 2.24) is 4.98 Å². The number of nitrogens with zero attached hydrogens (tertiary/aromatic N) is 2. The molecule has 84 valence electrons. The number of nitrogen functional groups attached to an aromatic ring is 1. The fourth-order valence-electron chi connectivity index (χ4n) is 1.35. The van der Waals surface area contributed by atoms with E-state index in [0.29, 0.717) is 11.3 Å². The van der Waals surface area contributed by atoms with Crippen LogP contribution in [0.3, 0.4) is 0 Å². The smallest absolute Gasteiger partial charge is 0.119 e. The van der Waals surface area contributed by atoms with Gasteiger partial charge < -0.3 is 5.73 Å². The Balaban J connectivity index is 2.03. The summed E-state index contributed by atoms with van der Waals surface area (Å²) in [5, 5.41) is 9.54. The summed E-state index contributed by atoms with van der Waals surface area (Å²) in [6.07, 6.45) is 1.73. The van der Waals surface area contributed by atoms with Crippen LogP contribution in [0.4, 0.5) is 5.69 Å². The zero-order chi connectivity index (χ0) is 12.1. The summed E-state index contributed by atoms with van der Waals surface area (Å²) < 4.78 is 0. The summed E-state index contributed by atoms with van der Waals surface area (Å²) in [5.74, 6) is 0.799. The number of pyridine rings is 1. The first-order valence-corrected chi connectivity index (χ1v) is 6.10. The molecule has 4 heteroatoms. The number of thioether (sulfide) groups is 1. The van der Waals surface area contributed by atoms with Crippen molar-refractivity contribution < 1.29 is 0 Å². The lowest BCUT2D eigenvalue weighted by molar-refractivity contribution is 1.14. The Morgan fingerprint density at radius 1 is 1.24 bits per heavy atom. The molecule has 0 fully saturated rings. The first kappa shape index (κ1) is 11.5. The van der Waals surface area contributed by atoms with E-state index in [1.807, 2.05) is 36.4 Å². The first-order chi connectivity index (χ1) is 8.29. The minimum atomic E-state index is 0.677. The predicted molar refractivity (Wildman–Crippen MR) is 69.4 cm³/mol. The molecule has 0 spiro atoms. The van der Waals surface area contributed by atoms with Gasteiger partial charge in [0.1, 0.15) is 5.03 Å². The number of aromatic nitrogens is 1. The molecule has 0 aliphatic heterocycles. The summed E-state index contributed by atoms with van der Waals surface area (Å²) in [6, 6.07) is 13.3. The van der Waals surface area contributed by atoms with Crippen LogP contribution >= 0.6 is 11.8 Å². The maximum Gasteiger partial charge on any atom is 0.119 e. The molecule has 0 saturated heterocycles. The largest absolute Gasteiger partial charge is 0.397 e. The third kappa shape index (κ3) is 2.99. The molecule has 1 aromatic carbocycles. The van der Waals surface area contributed by atoms with Gasteiger partial charge in [0.2, 0.25) is 0 Å². The van der Waals surface area contributed by atoms with Crippen molar-refractivity contribution in [3.05, 3.63) is 53.7 Å². The highest BCUT2D eigenvalue weighted by Gasteiger charge is 2.01. The fraction of sp³-hybridized carbons (Fsp3) is 0.0769. The summed E-state index contributed by atoms with van der Waals surface area (Å²) in [6.45, 7) is 0. The van der Waals surface area contributed by atoms with Crippen molar-refractivity contribution in [3.63, 3.8) is 0 Å². The van der Waals surface area contributed by atoms with Crippen LogP contribution in [0.1, 0.15) is 11.1 Å². The molecule has 1 heterocycles. The van der Waals surface area contributed by atoms with E-state index < -0.39 is 0 Å². The predicted octanol–water partition coefficient (Wildman–Crippen LogP) is 2.83. The number of anilines is 1. The Kier molecular flexibility index (Phi) is 3.63. The minimum absolute atomic E-state index is 0.677. The van der Waals surface area contributed by atoms with Crippen molar-refractivity contribution in [2.24, 2.45) is 0 Å². The highest BCUT2D eigenvalue weighted by molar-refractivity contribution is 7.98. The van der Waals surface area contributed by atoms with Gasteiger partial charge in [0.05, 0.1) is 17.3 Å². The van der Waals surface area contributed by atoms with E-state index in [4.69, 9.17) is 11.0 Å². The van der Waals surface area contributed by atoms with Gasteiger partial charge in [-0.3, -0.25) is 0 Å². The Morgan fingerprint density at radius 2 is 2.00 bits per heavy atom. The van der Waals surface area contributed by atoms with E-state index in [2.05, 4.69) is 11.1 Å². The molecule has 2 rings (SSSR count). The first-order valence-electron chi connectivity index (χ1n) is 5.12. The summed E-state index contributed by atoms with van der Waals surface area (Å²) in [4.78, 5) is 4.21. The van der Waals surface area contributed by atoms with Gasteiger partial charge in [0.15, 0.2) is 0 Å². The zero-order valence-corrected chi connectivity index (χ0v) is 9.95. The van der Waals surface area contributed by atoms with Crippen LogP contribution in [0, 0.1) is 11.3 Å². The minimum Gasteiger partial charge on any atom is -0.397 e. The molecule has 0 bridgehead atoms. The standard InChI is InChI=1S/C13H11N3S/c14-8-10-3-5-11(6-4-10)9-17-13-12(15)2-1-7-16-13/h1-7H,9,15H2. The second-order valence-electron chi connectivity index (χ2n) is 3.50. The van der Waals surface area contributed by atoms with E-state index in [0.717, 1.165) is 16.3 Å². The number of hydrogen-bond donors (Lipinski definition) is 1. The quantitative estimate of drug-likeness (QED) is 0.839. The molecule has 2 N–H and O–H groups in total. The molecule has 1 aromatic heterocycles. The fourth-order valence-corrected chi connectivity index (χ4v) is 2.22. The molecule has 0 unspecified atom stereocenters. The summed E-state index contributed by atoms with van der Waals surface area (Å²) >= 11 is 1.59. The average Bonchev–Trinajstić information content (AvgIpc) is 2.38. The molecule has 17 heavy (non-hydrogen) atoms. The number of nitrogens with two attached hydrogens (primary N) is 1. The Bertz CT molecular complexity index is 543. The van der Waals surface area contributed by atoms with Crippen molar-refractivity contribution in [2.45, 2.75) is 10.8 Å². The molecule has 0 atom stereocenters. The lowest BCUT2D eigenvalue weighted by atomic mass is 10.2. The van der Waals surface area contributed by atoms with Gasteiger partial charge in [-0.1, -0.05) is 23.9 Å². The third-order valence-corrected chi connectivity index (χ3v) is 3.35. The lowest BCUT2D eigenvalue weighted by Gasteiger charge is -2.03. The van der Waals surface area contributed by atoms with E-state index in [-0.39, 0.29) is 0 Å². The zero-order valence-electron chi connectivity index (χ0n) is 9.13. The number of hydrogen-bond acceptors (Lipinski definition) is 4. The second kappa shape index (κ2) is 5.37. The van der Waals surface area contributed by atoms with Crippen molar-refractivity contribution >= 4 is 17.4 Å². The van der Waals surface area contributed by atoms with Crippen LogP contribution in [0.5, 0.6) is 0 Å². The van der Waals surface area contributed by atoms with Crippen LogP contribution in [0.25, 0.3) is 0 Å². The second-order valence-corrected chi connectivity index (χ2v) is 4.46. The Hall–Kier alpha value is -1.99. The van der Waals surface area contributed by atoms with Gasteiger partial charge in [-0.05, 0) is 29.8 Å². The van der Waals surface area contributed by atoms with Crippen LogP contribution in [-0.4, -0.2) is 4.98 Å². The molecule has 3 nitrogen and oxygen atoms in total. The molecular formula is C13H11N3S. The number of nitriles is 1. The van der Waals surface area contributed by atoms with Gasteiger partial charge in [0, 0.05) is 11.9 Å². The summed E-state index contributed by atoms with van der Waals surface area (Å²) in [7, 11) is 0. The SMILES string of the molecule is N#Cc1ccc(CSc2ncccc2N)cc1. The Labute approximate surface area is 104 Å². The van der Waals surface area contributed by atoms with Crippen molar-refractivity contribution in [3.8, 4) is 6.07 Å². The van der Waals surface area contributed by atoms with Crippen molar-refractivity contribution in [2.75, 3.05) is 5.73 Å². The van der Waals surface area contributed by atoms with Crippen LogP contribution < -0.4 is 5.73 Å². The van der Waals surface area contributed by atoms with E-state index in [9.17, 15) is 0 Å². The normalized spacial score (nSPS) is 9.82. The third-order valence-electron chi connectivity index (χ3n) is 2.26. The Morgan fingerprint density at radius 3 is 2.65 bits per heavy atom. The molecule has 0 amide bonds. The van der Waals surface area contributed by atoms with Crippen LogP contribution in [0.2, 0.25) is 0 Å². The van der Waals surface area contributed by atoms with Gasteiger partial charge >= 0.3 is 0 Å². The van der Waals surface area contributed by atoms with Crippen LogP contribution in [0.15, 0.2) is 47.6 Å². The maximum atomic E-state index is 8.69. The maximum absolute atomic E-state index is 8.69. The van der Waals surface area contributed by atoms with Gasteiger partial charge in [0.25, 0.3) is 0 Å². The topological polar surface area (TPSA) is 62.7 Å². The number of rotatable bonds is 3. The monoisotopic (exact) mass is 241 g/mol. The van der Waals surface area contributed by atoms with E-state index in [1.165, 1.54) is 0 Å². The van der Waals surface area contributed by atoms with Gasteiger partial charge in [-0.25, -0.2) is 4.98 Å². The molecule has 0 aliphatic rings. The highest BCUT2D eigenvalue weighted by atomic mass is 32.2. The van der Waals surface area contributed by atoms with Gasteiger partial charge in [-0.15, -0.1) is 0 Å². The number of benzene rings is 1. The van der Waals surface area contributed by atoms with E-state index in [1.54, 1.807) is 18.0 Å². The van der Waals surface area contributed by atoms with Gasteiger partial charge in [-0.2, -0.15) is 5.26 Å². The lowest BCUT2D eigenvalue weighted by Crippen LogP contribution is -1.91. The highest BCUT2D eigenvalue weighted by Crippen LogP contribution is 2.25. The average molecular weight is 241 g/mol. The molecule has 0 radical (unpaired) electrons. The molecular weight excluding hydrogens is 230 g/mol. The van der Waals surface area contributed by atoms with Crippen molar-refractivity contribution in [1.29, 1.82) is 5.26 Å². The van der Waals surface area contributed by atoms with E-state index >= 15 is 0 Å². The molecule has 0 aliphatic carbocycles. The van der Waals surface area contributed by atoms with Crippen LogP contribution in [-0.2, 0) is 5.75 Å².